The quantitative estimate of drug-likeness (QED) is 0.847. The summed E-state index contributed by atoms with van der Waals surface area (Å²) < 4.78 is 5.71. The summed E-state index contributed by atoms with van der Waals surface area (Å²) in [6.07, 6.45) is 2.25. The zero-order chi connectivity index (χ0) is 12.3. The van der Waals surface area contributed by atoms with Crippen molar-refractivity contribution in [1.29, 1.82) is 5.26 Å². The van der Waals surface area contributed by atoms with E-state index in [-0.39, 0.29) is 5.41 Å². The molecule has 0 aliphatic heterocycles. The van der Waals surface area contributed by atoms with Gasteiger partial charge in [-0.15, -0.1) is 0 Å². The standard InChI is InChI=1S/C14H17NO2/c1-11(16)12-3-2-4-13(9-12)17-10-14(5-6-14)7-8-15/h2-4,9,11,16H,5-7,10H2,1H3. The Morgan fingerprint density at radius 1 is 1.53 bits per heavy atom. The third-order valence-corrected chi connectivity index (χ3v) is 3.30. The Balaban J connectivity index is 1.95. The van der Waals surface area contributed by atoms with Gasteiger partial charge in [-0.1, -0.05) is 12.1 Å². The summed E-state index contributed by atoms with van der Waals surface area (Å²) in [7, 11) is 0. The van der Waals surface area contributed by atoms with Crippen molar-refractivity contribution in [2.24, 2.45) is 5.41 Å². The molecule has 0 bridgehead atoms. The lowest BCUT2D eigenvalue weighted by atomic mass is 10.1. The third kappa shape index (κ3) is 2.98. The van der Waals surface area contributed by atoms with Gasteiger partial charge in [0, 0.05) is 11.8 Å². The molecule has 2 rings (SSSR count). The van der Waals surface area contributed by atoms with Crippen molar-refractivity contribution in [3.63, 3.8) is 0 Å². The van der Waals surface area contributed by atoms with E-state index in [1.807, 2.05) is 24.3 Å². The number of benzene rings is 1. The van der Waals surface area contributed by atoms with Crippen LogP contribution in [0.3, 0.4) is 0 Å². The van der Waals surface area contributed by atoms with Crippen LogP contribution in [0.15, 0.2) is 24.3 Å². The molecule has 3 nitrogen and oxygen atoms in total. The second-order valence-corrected chi connectivity index (χ2v) is 4.87. The molecule has 1 aromatic rings. The van der Waals surface area contributed by atoms with Crippen molar-refractivity contribution < 1.29 is 9.84 Å². The van der Waals surface area contributed by atoms with Crippen molar-refractivity contribution in [3.8, 4) is 11.8 Å². The molecule has 1 saturated carbocycles. The molecular weight excluding hydrogens is 214 g/mol. The number of hydrogen-bond acceptors (Lipinski definition) is 3. The molecular formula is C14H17NO2. The normalized spacial score (nSPS) is 18.2. The Bertz CT molecular complexity index is 430. The van der Waals surface area contributed by atoms with Crippen molar-refractivity contribution in [3.05, 3.63) is 29.8 Å². The maximum Gasteiger partial charge on any atom is 0.119 e. The molecule has 0 amide bonds. The zero-order valence-corrected chi connectivity index (χ0v) is 10.0. The van der Waals surface area contributed by atoms with E-state index >= 15 is 0 Å². The summed E-state index contributed by atoms with van der Waals surface area (Å²) >= 11 is 0. The Kier molecular flexibility index (Phi) is 3.35. The number of nitriles is 1. The summed E-state index contributed by atoms with van der Waals surface area (Å²) in [6, 6.07) is 9.70. The summed E-state index contributed by atoms with van der Waals surface area (Å²) in [5.41, 5.74) is 0.947. The number of aliphatic hydroxyl groups excluding tert-OH is 1. The van der Waals surface area contributed by atoms with Crippen molar-refractivity contribution in [1.82, 2.24) is 0 Å². The van der Waals surface area contributed by atoms with Crippen LogP contribution < -0.4 is 4.74 Å². The molecule has 17 heavy (non-hydrogen) atoms. The molecule has 1 aliphatic rings. The van der Waals surface area contributed by atoms with E-state index in [1.165, 1.54) is 0 Å². The van der Waals surface area contributed by atoms with Crippen LogP contribution in [0.2, 0.25) is 0 Å². The van der Waals surface area contributed by atoms with Crippen LogP contribution in [0, 0.1) is 16.7 Å². The predicted octanol–water partition coefficient (Wildman–Crippen LogP) is 2.81. The minimum atomic E-state index is -0.479. The van der Waals surface area contributed by atoms with Crippen LogP contribution in [0.4, 0.5) is 0 Å². The van der Waals surface area contributed by atoms with E-state index in [9.17, 15) is 5.11 Å². The predicted molar refractivity (Wildman–Crippen MR) is 64.5 cm³/mol. The van der Waals surface area contributed by atoms with Crippen LogP contribution in [0.25, 0.3) is 0 Å². The van der Waals surface area contributed by atoms with Crippen molar-refractivity contribution in [2.45, 2.75) is 32.3 Å². The lowest BCUT2D eigenvalue weighted by Gasteiger charge is -2.14. The molecule has 0 radical (unpaired) electrons. The number of ether oxygens (including phenoxy) is 1. The summed E-state index contributed by atoms with van der Waals surface area (Å²) in [4.78, 5) is 0. The molecule has 0 aromatic heterocycles. The first-order chi connectivity index (χ1) is 8.15. The van der Waals surface area contributed by atoms with E-state index in [4.69, 9.17) is 10.00 Å². The Hall–Kier alpha value is -1.53. The van der Waals surface area contributed by atoms with Crippen molar-refractivity contribution in [2.75, 3.05) is 6.61 Å². The van der Waals surface area contributed by atoms with E-state index < -0.39 is 6.10 Å². The molecule has 1 N–H and O–H groups in total. The van der Waals surface area contributed by atoms with Crippen LogP contribution in [-0.4, -0.2) is 11.7 Å². The van der Waals surface area contributed by atoms with Crippen LogP contribution in [0.1, 0.15) is 37.9 Å². The summed E-state index contributed by atoms with van der Waals surface area (Å²) in [6.45, 7) is 2.33. The zero-order valence-electron chi connectivity index (χ0n) is 10.0. The minimum absolute atomic E-state index is 0.0928. The van der Waals surface area contributed by atoms with Gasteiger partial charge < -0.3 is 9.84 Å². The van der Waals surface area contributed by atoms with Gasteiger partial charge in [0.25, 0.3) is 0 Å². The highest BCUT2D eigenvalue weighted by Crippen LogP contribution is 2.48. The van der Waals surface area contributed by atoms with Crippen molar-refractivity contribution >= 4 is 0 Å². The van der Waals surface area contributed by atoms with Crippen LogP contribution in [0.5, 0.6) is 5.75 Å². The first-order valence-electron chi connectivity index (χ1n) is 5.93. The summed E-state index contributed by atoms with van der Waals surface area (Å²) in [5.74, 6) is 0.771. The highest BCUT2D eigenvalue weighted by molar-refractivity contribution is 5.29. The molecule has 1 fully saturated rings. The summed E-state index contributed by atoms with van der Waals surface area (Å²) in [5, 5.41) is 18.2. The lowest BCUT2D eigenvalue weighted by Crippen LogP contribution is -2.12. The monoisotopic (exact) mass is 231 g/mol. The van der Waals surface area contributed by atoms with E-state index in [0.29, 0.717) is 13.0 Å². The van der Waals surface area contributed by atoms with Gasteiger partial charge in [-0.25, -0.2) is 0 Å². The Morgan fingerprint density at radius 2 is 2.29 bits per heavy atom. The smallest absolute Gasteiger partial charge is 0.119 e. The van der Waals surface area contributed by atoms with Crippen LogP contribution in [-0.2, 0) is 0 Å². The molecule has 0 spiro atoms. The molecule has 1 atom stereocenters. The van der Waals surface area contributed by atoms with Gasteiger partial charge >= 0.3 is 0 Å². The maximum atomic E-state index is 9.47. The molecule has 0 saturated heterocycles. The second-order valence-electron chi connectivity index (χ2n) is 4.87. The molecule has 90 valence electrons. The van der Waals surface area contributed by atoms with Gasteiger partial charge in [0.2, 0.25) is 0 Å². The fourth-order valence-corrected chi connectivity index (χ4v) is 1.82. The molecule has 1 aliphatic carbocycles. The topological polar surface area (TPSA) is 53.2 Å². The van der Waals surface area contributed by atoms with Gasteiger partial charge in [0.05, 0.1) is 18.8 Å². The average Bonchev–Trinajstić information content (AvgIpc) is 3.08. The Labute approximate surface area is 102 Å². The molecule has 1 aromatic carbocycles. The number of aliphatic hydroxyl groups is 1. The average molecular weight is 231 g/mol. The van der Waals surface area contributed by atoms with E-state index in [0.717, 1.165) is 24.2 Å². The number of rotatable bonds is 5. The third-order valence-electron chi connectivity index (χ3n) is 3.30. The first kappa shape index (κ1) is 11.9. The molecule has 0 heterocycles. The van der Waals surface area contributed by atoms with Gasteiger partial charge in [-0.2, -0.15) is 5.26 Å². The van der Waals surface area contributed by atoms with Gasteiger partial charge in [0.1, 0.15) is 5.75 Å². The van der Waals surface area contributed by atoms with Crippen LogP contribution >= 0.6 is 0 Å². The SMILES string of the molecule is CC(O)c1cccc(OCC2(CC#N)CC2)c1. The number of nitrogens with zero attached hydrogens (tertiary/aromatic N) is 1. The second kappa shape index (κ2) is 4.77. The Morgan fingerprint density at radius 3 is 2.88 bits per heavy atom. The fourth-order valence-electron chi connectivity index (χ4n) is 1.82. The van der Waals surface area contributed by atoms with Gasteiger partial charge in [-0.3, -0.25) is 0 Å². The van der Waals surface area contributed by atoms with Gasteiger partial charge in [0.15, 0.2) is 0 Å². The largest absolute Gasteiger partial charge is 0.493 e. The molecule has 1 unspecified atom stereocenters. The maximum absolute atomic E-state index is 9.47. The number of hydrogen-bond donors (Lipinski definition) is 1. The fraction of sp³-hybridized carbons (Fsp3) is 0.500. The minimum Gasteiger partial charge on any atom is -0.493 e. The van der Waals surface area contributed by atoms with Gasteiger partial charge in [-0.05, 0) is 37.5 Å². The van der Waals surface area contributed by atoms with E-state index in [1.54, 1.807) is 6.92 Å². The highest BCUT2D eigenvalue weighted by Gasteiger charge is 2.43. The lowest BCUT2D eigenvalue weighted by molar-refractivity contribution is 0.197. The first-order valence-corrected chi connectivity index (χ1v) is 5.93. The van der Waals surface area contributed by atoms with E-state index in [2.05, 4.69) is 6.07 Å². The molecule has 3 heteroatoms. The highest BCUT2D eigenvalue weighted by atomic mass is 16.5.